The number of nitrogens with zero attached hydrogens (tertiary/aromatic N) is 3. The molecule has 1 aliphatic heterocycles. The monoisotopic (exact) mass is 673 g/mol. The van der Waals surface area contributed by atoms with E-state index >= 15 is 0 Å². The van der Waals surface area contributed by atoms with Gasteiger partial charge in [-0.2, -0.15) is 0 Å². The van der Waals surface area contributed by atoms with E-state index in [1.807, 2.05) is 19.1 Å². The smallest absolute Gasteiger partial charge is 0.330 e. The van der Waals surface area contributed by atoms with E-state index in [0.717, 1.165) is 32.5 Å². The topological polar surface area (TPSA) is 118 Å². The van der Waals surface area contributed by atoms with Crippen LogP contribution in [0.3, 0.4) is 0 Å². The van der Waals surface area contributed by atoms with Gasteiger partial charge in [0, 0.05) is 45.3 Å². The van der Waals surface area contributed by atoms with E-state index in [4.69, 9.17) is 16.6 Å². The molecule has 1 saturated heterocycles. The normalized spacial score (nSPS) is 19.1. The first kappa shape index (κ1) is 32.4. The van der Waals surface area contributed by atoms with Gasteiger partial charge in [-0.25, -0.2) is 9.46 Å². The number of aliphatic imine (C=N–C) groups is 1. The van der Waals surface area contributed by atoms with Crippen LogP contribution in [0.1, 0.15) is 66.7 Å². The maximum Gasteiger partial charge on any atom is 0.330 e. The van der Waals surface area contributed by atoms with Crippen molar-refractivity contribution < 1.29 is 20.3 Å². The minimum Gasteiger partial charge on any atom is -0.425 e. The molecule has 252 valence electrons. The molecule has 0 aliphatic carbocycles. The van der Waals surface area contributed by atoms with E-state index < -0.39 is 38.2 Å². The van der Waals surface area contributed by atoms with Gasteiger partial charge < -0.3 is 18.9 Å². The molecule has 1 aromatic heterocycles. The summed E-state index contributed by atoms with van der Waals surface area (Å²) in [7, 11) is -0.282. The second kappa shape index (κ2) is 15.4. The molecule has 0 bridgehead atoms. The highest BCUT2D eigenvalue weighted by Crippen LogP contribution is 2.49. The summed E-state index contributed by atoms with van der Waals surface area (Å²) in [4.78, 5) is 32.6. The summed E-state index contributed by atoms with van der Waals surface area (Å²) in [6.07, 6.45) is 1.26. The predicted octanol–water partition coefficient (Wildman–Crippen LogP) is 6.55. The van der Waals surface area contributed by atoms with E-state index in [0.29, 0.717) is 6.54 Å². The molecule has 10 nitrogen and oxygen atoms in total. The van der Waals surface area contributed by atoms with Crippen LogP contribution in [0.5, 0.6) is 0 Å². The van der Waals surface area contributed by atoms with E-state index in [9.17, 15) is 9.59 Å². The molecular weight excluding hydrogens is 627 g/mol. The fourth-order valence-corrected chi connectivity index (χ4v) is 7.75. The second-order valence-corrected chi connectivity index (χ2v) is 13.3. The SMILES string of the molecule is [2H]CC1OC(n2cc(C#Cc3ccc4ccc5cccc6ccc3c4c56)c(=O)[nH]c2=O)C[C@H]1OP(OC=NCC)N(C(C)C)C(C)C.[3H]OC. The van der Waals surface area contributed by atoms with Gasteiger partial charge in [-0.05, 0) is 79.9 Å². The summed E-state index contributed by atoms with van der Waals surface area (Å²) in [6, 6.07) is 18.9. The molecule has 4 atom stereocenters. The Balaban J connectivity index is 0.00000156. The van der Waals surface area contributed by atoms with Gasteiger partial charge in [0.25, 0.3) is 5.56 Å². The average Bonchev–Trinajstić information content (AvgIpc) is 3.49. The molecule has 0 saturated carbocycles. The number of ether oxygens (including phenoxy) is 1. The Labute approximate surface area is 284 Å². The number of benzene rings is 4. The Morgan fingerprint density at radius 1 is 1.10 bits per heavy atom. The van der Waals surface area contributed by atoms with Crippen molar-refractivity contribution in [2.24, 2.45) is 4.99 Å². The van der Waals surface area contributed by atoms with Crippen LogP contribution in [0.2, 0.25) is 0 Å². The summed E-state index contributed by atoms with van der Waals surface area (Å²) in [5, 5.41) is 10.3. The Morgan fingerprint density at radius 2 is 1.75 bits per heavy atom. The third kappa shape index (κ3) is 7.17. The molecule has 0 spiro atoms. The van der Waals surface area contributed by atoms with Gasteiger partial charge in [0.1, 0.15) is 11.8 Å². The number of aliphatic hydroxyl groups excluding tert-OH is 1. The molecule has 4 aromatic carbocycles. The van der Waals surface area contributed by atoms with Gasteiger partial charge in [0.15, 0.2) is 6.40 Å². The maximum absolute atomic E-state index is 13.1. The number of hydrogen-bond donors (Lipinski definition) is 2. The van der Waals surface area contributed by atoms with Crippen LogP contribution >= 0.6 is 8.53 Å². The van der Waals surface area contributed by atoms with Gasteiger partial charge in [0.05, 0.1) is 12.2 Å². The first-order valence-electron chi connectivity index (χ1n) is 17.1. The van der Waals surface area contributed by atoms with Gasteiger partial charge in [-0.3, -0.25) is 19.3 Å². The van der Waals surface area contributed by atoms with Crippen LogP contribution in [0.25, 0.3) is 32.3 Å². The highest BCUT2D eigenvalue weighted by molar-refractivity contribution is 7.45. The highest BCUT2D eigenvalue weighted by atomic mass is 31.2. The molecule has 48 heavy (non-hydrogen) atoms. The van der Waals surface area contributed by atoms with E-state index in [1.54, 1.807) is 0 Å². The number of aliphatic hydroxyl groups is 1. The second-order valence-electron chi connectivity index (χ2n) is 12.0. The molecule has 5 aromatic rings. The average molecular weight is 674 g/mol. The molecule has 0 radical (unpaired) electrons. The lowest BCUT2D eigenvalue weighted by atomic mass is 9.92. The van der Waals surface area contributed by atoms with Crippen LogP contribution < -0.4 is 11.2 Å². The molecule has 3 unspecified atom stereocenters. The number of H-pyrrole nitrogens is 1. The first-order chi connectivity index (χ1) is 24.1. The molecule has 2 N–H and O–H groups in total. The fraction of sp³-hybridized carbons (Fsp3) is 0.378. The lowest BCUT2D eigenvalue weighted by Gasteiger charge is -2.36. The summed E-state index contributed by atoms with van der Waals surface area (Å²) < 4.78 is 36.0. The van der Waals surface area contributed by atoms with Crippen molar-refractivity contribution in [1.82, 2.24) is 14.2 Å². The summed E-state index contributed by atoms with van der Waals surface area (Å²) >= 11 is 0. The van der Waals surface area contributed by atoms with Crippen LogP contribution in [0.15, 0.2) is 75.4 Å². The minimum atomic E-state index is -1.57. The molecule has 11 heteroatoms. The molecule has 1 fully saturated rings. The number of aromatic amines is 1. The van der Waals surface area contributed by atoms with Gasteiger partial charge in [-0.15, -0.1) is 0 Å². The molecular formula is C37H43N4O6P. The number of nitrogens with one attached hydrogen (secondary N) is 1. The summed E-state index contributed by atoms with van der Waals surface area (Å²) in [5.41, 5.74) is -0.265. The third-order valence-electron chi connectivity index (χ3n) is 8.19. The predicted molar refractivity (Wildman–Crippen MR) is 194 cm³/mol. The Morgan fingerprint density at radius 3 is 2.42 bits per heavy atom. The van der Waals surface area contributed by atoms with Crippen LogP contribution in [0, 0.1) is 11.8 Å². The van der Waals surface area contributed by atoms with Crippen molar-refractivity contribution in [1.29, 1.82) is 1.43 Å². The van der Waals surface area contributed by atoms with Gasteiger partial charge in [0.2, 0.25) is 1.43 Å². The summed E-state index contributed by atoms with van der Waals surface area (Å²) in [5.74, 6) is 6.21. The van der Waals surface area contributed by atoms with Crippen molar-refractivity contribution >= 4 is 47.2 Å². The van der Waals surface area contributed by atoms with Crippen molar-refractivity contribution in [2.45, 2.75) is 78.5 Å². The van der Waals surface area contributed by atoms with Crippen molar-refractivity contribution in [2.75, 3.05) is 13.7 Å². The van der Waals surface area contributed by atoms with E-state index in [2.05, 4.69) is 102 Å². The maximum atomic E-state index is 13.1. The van der Waals surface area contributed by atoms with Crippen LogP contribution in [-0.4, -0.2) is 65.1 Å². The first-order valence-corrected chi connectivity index (χ1v) is 17.1. The minimum absolute atomic E-state index is 0.0732. The number of rotatable bonds is 9. The quantitative estimate of drug-likeness (QED) is 0.0600. The third-order valence-corrected chi connectivity index (χ3v) is 10.2. The van der Waals surface area contributed by atoms with Crippen LogP contribution in [0.4, 0.5) is 0 Å². The van der Waals surface area contributed by atoms with E-state index in [-0.39, 0.29) is 31.0 Å². The Hall–Kier alpha value is -4.10. The lowest BCUT2D eigenvalue weighted by molar-refractivity contribution is -0.00778. The lowest BCUT2D eigenvalue weighted by Crippen LogP contribution is -2.35. The fourth-order valence-electron chi connectivity index (χ4n) is 6.12. The van der Waals surface area contributed by atoms with Crippen molar-refractivity contribution in [3.8, 4) is 11.8 Å². The largest absolute Gasteiger partial charge is 0.425 e. The Bertz CT molecular complexity index is 2100. The van der Waals surface area contributed by atoms with Crippen LogP contribution in [-0.2, 0) is 13.8 Å². The van der Waals surface area contributed by atoms with Gasteiger partial charge >= 0.3 is 14.2 Å². The van der Waals surface area contributed by atoms with Crippen molar-refractivity contribution in [3.05, 3.63) is 92.8 Å². The number of aromatic nitrogens is 2. The highest BCUT2D eigenvalue weighted by Gasteiger charge is 2.40. The zero-order valence-electron chi connectivity index (χ0n) is 30.1. The molecule has 6 rings (SSSR count). The Kier molecular flexibility index (Phi) is 10.4. The van der Waals surface area contributed by atoms with Crippen molar-refractivity contribution in [3.63, 3.8) is 0 Å². The van der Waals surface area contributed by atoms with E-state index in [1.165, 1.54) is 29.7 Å². The standard InChI is InChI=1S/C36H39N4O5P.CH4O/c1-7-37-21-43-46(40(22(2)3)23(4)5)45-31-19-32(44-24(31)6)39-20-29(35(41)38-36(39)42)16-12-25-11-13-28-15-14-26-9-8-10-27-17-18-30(25)34(28)33(26)27;1-2/h8-11,13-15,17-18,20-24,31-32H,7,19H2,1-6H3,(H,38,41,42);2H,1H3/t24?,31-,32?,46?;/m1./s1/i6D;2T. The zero-order chi connectivity index (χ0) is 35.9. The molecule has 0 amide bonds. The number of hydrogen-bond acceptors (Lipinski definition) is 8. The molecule has 1 aliphatic rings. The van der Waals surface area contributed by atoms with Gasteiger partial charge in [-0.1, -0.05) is 60.4 Å². The zero-order valence-corrected chi connectivity index (χ0v) is 29.0. The summed E-state index contributed by atoms with van der Waals surface area (Å²) in [6.45, 7) is 10.7. The molecule has 2 heterocycles.